The summed E-state index contributed by atoms with van der Waals surface area (Å²) in [6, 6.07) is 8.87. The topological polar surface area (TPSA) is 53.2 Å². The van der Waals surface area contributed by atoms with Crippen LogP contribution in [-0.2, 0) is 0 Å². The summed E-state index contributed by atoms with van der Waals surface area (Å²) >= 11 is 0. The van der Waals surface area contributed by atoms with E-state index in [9.17, 15) is 13.6 Å². The van der Waals surface area contributed by atoms with Crippen molar-refractivity contribution in [3.05, 3.63) is 53.6 Å². The van der Waals surface area contributed by atoms with Crippen LogP contribution in [0.5, 0.6) is 0 Å². The van der Waals surface area contributed by atoms with Gasteiger partial charge in [-0.05, 0) is 24.3 Å². The number of para-hydroxylation sites is 1. The average molecular weight is 289 g/mol. The second-order valence-corrected chi connectivity index (χ2v) is 4.64. The normalized spacial score (nSPS) is 12.9. The Morgan fingerprint density at radius 2 is 1.81 bits per heavy atom. The highest BCUT2D eigenvalue weighted by Gasteiger charge is 2.18. The minimum absolute atomic E-state index is 0.179. The average Bonchev–Trinajstić information content (AvgIpc) is 2.51. The zero-order valence-corrected chi connectivity index (χ0v) is 11.0. The van der Waals surface area contributed by atoms with Crippen molar-refractivity contribution in [2.75, 3.05) is 29.0 Å². The van der Waals surface area contributed by atoms with E-state index >= 15 is 0 Å². The molecule has 0 radical (unpaired) electrons. The Hall–Kier alpha value is -2.63. The smallest absolute Gasteiger partial charge is 0.257 e. The van der Waals surface area contributed by atoms with E-state index in [0.717, 1.165) is 18.3 Å². The van der Waals surface area contributed by atoms with Crippen molar-refractivity contribution >= 4 is 23.0 Å². The fourth-order valence-corrected chi connectivity index (χ4v) is 2.25. The van der Waals surface area contributed by atoms with E-state index in [1.807, 2.05) is 6.07 Å². The van der Waals surface area contributed by atoms with Crippen LogP contribution in [0.3, 0.4) is 0 Å². The largest absolute Gasteiger partial charge is 0.382 e. The first-order valence-electron chi connectivity index (χ1n) is 6.53. The highest BCUT2D eigenvalue weighted by molar-refractivity contribution is 6.10. The van der Waals surface area contributed by atoms with Gasteiger partial charge in [-0.2, -0.15) is 0 Å². The van der Waals surface area contributed by atoms with Gasteiger partial charge in [0.1, 0.15) is 0 Å². The van der Waals surface area contributed by atoms with E-state index in [4.69, 9.17) is 0 Å². The van der Waals surface area contributed by atoms with Gasteiger partial charge in [-0.15, -0.1) is 0 Å². The van der Waals surface area contributed by atoms with Gasteiger partial charge >= 0.3 is 0 Å². The molecule has 0 aromatic heterocycles. The first-order valence-corrected chi connectivity index (χ1v) is 6.53. The molecule has 0 aliphatic carbocycles. The predicted molar refractivity (Wildman–Crippen MR) is 77.7 cm³/mol. The number of benzene rings is 2. The quantitative estimate of drug-likeness (QED) is 0.796. The number of halogens is 2. The van der Waals surface area contributed by atoms with Crippen LogP contribution in [0.4, 0.5) is 25.8 Å². The molecule has 1 aliphatic heterocycles. The second kappa shape index (κ2) is 5.40. The fraction of sp³-hybridized carbons (Fsp3) is 0.133. The molecule has 0 unspecified atom stereocenters. The first-order chi connectivity index (χ1) is 10.2. The van der Waals surface area contributed by atoms with Crippen LogP contribution in [0.15, 0.2) is 36.4 Å². The molecule has 4 nitrogen and oxygen atoms in total. The Labute approximate surface area is 120 Å². The van der Waals surface area contributed by atoms with Crippen molar-refractivity contribution in [2.24, 2.45) is 0 Å². The summed E-state index contributed by atoms with van der Waals surface area (Å²) in [5.74, 6) is -2.56. The standard InChI is InChI=1S/C15H13F2N3O/c16-10-4-2-5-11(13(10)17)20-15(21)9-3-1-6-12-14(9)19-8-7-18-12/h1-6,18-19H,7-8H2,(H,20,21). The van der Waals surface area contributed by atoms with Crippen molar-refractivity contribution in [2.45, 2.75) is 0 Å². The molecule has 0 atom stereocenters. The van der Waals surface area contributed by atoms with Gasteiger partial charge in [0.05, 0.1) is 22.6 Å². The highest BCUT2D eigenvalue weighted by Crippen LogP contribution is 2.29. The van der Waals surface area contributed by atoms with E-state index < -0.39 is 17.5 Å². The molecule has 2 aromatic rings. The number of amides is 1. The predicted octanol–water partition coefficient (Wildman–Crippen LogP) is 3.05. The Morgan fingerprint density at radius 1 is 1.05 bits per heavy atom. The molecule has 108 valence electrons. The molecule has 2 aromatic carbocycles. The van der Waals surface area contributed by atoms with E-state index in [-0.39, 0.29) is 5.69 Å². The monoisotopic (exact) mass is 289 g/mol. The Morgan fingerprint density at radius 3 is 2.67 bits per heavy atom. The van der Waals surface area contributed by atoms with Crippen molar-refractivity contribution < 1.29 is 13.6 Å². The van der Waals surface area contributed by atoms with E-state index in [1.54, 1.807) is 12.1 Å². The fourth-order valence-electron chi connectivity index (χ4n) is 2.25. The Kier molecular flexibility index (Phi) is 3.43. The Bertz CT molecular complexity index is 703. The molecule has 0 saturated heterocycles. The zero-order chi connectivity index (χ0) is 14.8. The van der Waals surface area contributed by atoms with Crippen LogP contribution in [-0.4, -0.2) is 19.0 Å². The Balaban J connectivity index is 1.91. The summed E-state index contributed by atoms with van der Waals surface area (Å²) in [7, 11) is 0. The molecule has 6 heteroatoms. The molecular weight excluding hydrogens is 276 g/mol. The van der Waals surface area contributed by atoms with Crippen molar-refractivity contribution in [1.29, 1.82) is 0 Å². The third kappa shape index (κ3) is 2.52. The van der Waals surface area contributed by atoms with Crippen LogP contribution in [0.1, 0.15) is 10.4 Å². The molecule has 1 aliphatic rings. The molecule has 3 N–H and O–H groups in total. The summed E-state index contributed by atoms with van der Waals surface area (Å²) < 4.78 is 26.8. The lowest BCUT2D eigenvalue weighted by atomic mass is 10.1. The third-order valence-corrected chi connectivity index (χ3v) is 3.25. The summed E-state index contributed by atoms with van der Waals surface area (Å²) in [5.41, 5.74) is 1.68. The number of nitrogens with one attached hydrogen (secondary N) is 3. The molecule has 21 heavy (non-hydrogen) atoms. The van der Waals surface area contributed by atoms with E-state index in [0.29, 0.717) is 17.8 Å². The maximum atomic E-state index is 13.6. The molecule has 0 saturated carbocycles. The van der Waals surface area contributed by atoms with Crippen molar-refractivity contribution in [3.8, 4) is 0 Å². The number of carbonyl (C=O) groups is 1. The van der Waals surface area contributed by atoms with Crippen LogP contribution in [0.25, 0.3) is 0 Å². The minimum atomic E-state index is -1.07. The van der Waals surface area contributed by atoms with Crippen LogP contribution in [0.2, 0.25) is 0 Å². The molecule has 1 amide bonds. The highest BCUT2D eigenvalue weighted by atomic mass is 19.2. The van der Waals surface area contributed by atoms with Gasteiger partial charge in [-0.25, -0.2) is 8.78 Å². The maximum Gasteiger partial charge on any atom is 0.257 e. The van der Waals surface area contributed by atoms with Crippen LogP contribution >= 0.6 is 0 Å². The third-order valence-electron chi connectivity index (χ3n) is 3.25. The second-order valence-electron chi connectivity index (χ2n) is 4.64. The number of rotatable bonds is 2. The summed E-state index contributed by atoms with van der Waals surface area (Å²) in [4.78, 5) is 12.3. The number of fused-ring (bicyclic) bond motifs is 1. The van der Waals surface area contributed by atoms with Gasteiger partial charge in [0.25, 0.3) is 5.91 Å². The first kappa shape index (κ1) is 13.4. The summed E-state index contributed by atoms with van der Waals surface area (Å²) in [5, 5.41) is 8.69. The number of anilines is 3. The zero-order valence-electron chi connectivity index (χ0n) is 11.0. The van der Waals surface area contributed by atoms with Crippen molar-refractivity contribution in [1.82, 2.24) is 0 Å². The molecule has 1 heterocycles. The molecule has 0 spiro atoms. The van der Waals surface area contributed by atoms with Gasteiger partial charge < -0.3 is 16.0 Å². The van der Waals surface area contributed by atoms with Gasteiger partial charge in [0.2, 0.25) is 0 Å². The number of hydrogen-bond donors (Lipinski definition) is 3. The lowest BCUT2D eigenvalue weighted by Crippen LogP contribution is -2.24. The molecular formula is C15H13F2N3O. The molecule has 0 bridgehead atoms. The van der Waals surface area contributed by atoms with Crippen molar-refractivity contribution in [3.63, 3.8) is 0 Å². The summed E-state index contributed by atoms with van der Waals surface area (Å²) in [6.45, 7) is 1.45. The number of hydrogen-bond acceptors (Lipinski definition) is 3. The molecule has 3 rings (SSSR count). The minimum Gasteiger partial charge on any atom is -0.382 e. The van der Waals surface area contributed by atoms with Crippen LogP contribution < -0.4 is 16.0 Å². The molecule has 0 fully saturated rings. The van der Waals surface area contributed by atoms with Crippen LogP contribution in [0, 0.1) is 11.6 Å². The maximum absolute atomic E-state index is 13.6. The van der Waals surface area contributed by atoms with Gasteiger partial charge in [-0.1, -0.05) is 12.1 Å². The lowest BCUT2D eigenvalue weighted by Gasteiger charge is -2.22. The summed E-state index contributed by atoms with van der Waals surface area (Å²) in [6.07, 6.45) is 0. The van der Waals surface area contributed by atoms with Gasteiger partial charge in [-0.3, -0.25) is 4.79 Å². The van der Waals surface area contributed by atoms with E-state index in [1.165, 1.54) is 12.1 Å². The number of carbonyl (C=O) groups excluding carboxylic acids is 1. The SMILES string of the molecule is O=C(Nc1cccc(F)c1F)c1cccc2c1NCCN2. The van der Waals surface area contributed by atoms with Gasteiger partial charge in [0.15, 0.2) is 11.6 Å². The van der Waals surface area contributed by atoms with Gasteiger partial charge in [0, 0.05) is 13.1 Å². The lowest BCUT2D eigenvalue weighted by molar-refractivity contribution is 0.102. The van der Waals surface area contributed by atoms with E-state index in [2.05, 4.69) is 16.0 Å².